The van der Waals surface area contributed by atoms with E-state index in [1.165, 1.54) is 13.4 Å². The highest BCUT2D eigenvalue weighted by Gasteiger charge is 2.17. The Balaban J connectivity index is 2.43. The number of thioether (sulfide) groups is 1. The summed E-state index contributed by atoms with van der Waals surface area (Å²) >= 11 is 1.16. The molecule has 0 saturated heterocycles. The molecule has 0 spiro atoms. The Labute approximate surface area is 126 Å². The van der Waals surface area contributed by atoms with Crippen LogP contribution in [0, 0.1) is 0 Å². The molecule has 1 N–H and O–H groups in total. The minimum absolute atomic E-state index is 0.0545. The monoisotopic (exact) mass is 311 g/mol. The van der Waals surface area contributed by atoms with Gasteiger partial charge >= 0.3 is 5.97 Å². The molecule has 2 aromatic rings. The van der Waals surface area contributed by atoms with Crippen LogP contribution in [0.5, 0.6) is 5.88 Å². The number of imidazole rings is 1. The van der Waals surface area contributed by atoms with Crippen LogP contribution in [-0.2, 0) is 11.3 Å². The van der Waals surface area contributed by atoms with Crippen molar-refractivity contribution in [3.63, 3.8) is 0 Å². The van der Waals surface area contributed by atoms with E-state index in [2.05, 4.69) is 15.0 Å². The number of likely N-dealkylation sites (N-methyl/N-ethyl adjacent to an activating group) is 1. The molecule has 0 aliphatic carbocycles. The van der Waals surface area contributed by atoms with Crippen LogP contribution in [-0.4, -0.2) is 69.0 Å². The highest BCUT2D eigenvalue weighted by molar-refractivity contribution is 7.99. The van der Waals surface area contributed by atoms with Crippen molar-refractivity contribution in [1.29, 1.82) is 0 Å². The lowest BCUT2D eigenvalue weighted by Gasteiger charge is -2.12. The molecule has 0 unspecified atom stereocenters. The first kappa shape index (κ1) is 15.5. The van der Waals surface area contributed by atoms with Crippen LogP contribution >= 0.6 is 11.8 Å². The molecular weight excluding hydrogens is 294 g/mol. The van der Waals surface area contributed by atoms with Crippen molar-refractivity contribution >= 4 is 28.9 Å². The third-order valence-electron chi connectivity index (χ3n) is 2.75. The molecule has 0 aromatic carbocycles. The van der Waals surface area contributed by atoms with Crippen LogP contribution in [0.25, 0.3) is 11.2 Å². The number of nitrogens with zero attached hydrogens (tertiary/aromatic N) is 5. The zero-order chi connectivity index (χ0) is 15.4. The van der Waals surface area contributed by atoms with E-state index < -0.39 is 5.97 Å². The molecule has 0 fully saturated rings. The van der Waals surface area contributed by atoms with E-state index >= 15 is 0 Å². The van der Waals surface area contributed by atoms with Gasteiger partial charge in [-0.3, -0.25) is 4.79 Å². The van der Waals surface area contributed by atoms with Gasteiger partial charge in [0.05, 0.1) is 12.9 Å². The zero-order valence-corrected chi connectivity index (χ0v) is 12.9. The number of aromatic nitrogens is 4. The predicted octanol–water partition coefficient (Wildman–Crippen LogP) is 0.573. The fraction of sp³-hybridized carbons (Fsp3) is 0.500. The van der Waals surface area contributed by atoms with Gasteiger partial charge in [0.25, 0.3) is 0 Å². The topological polar surface area (TPSA) is 93.4 Å². The van der Waals surface area contributed by atoms with E-state index in [-0.39, 0.29) is 5.75 Å². The lowest BCUT2D eigenvalue weighted by molar-refractivity contribution is -0.133. The zero-order valence-electron chi connectivity index (χ0n) is 12.1. The van der Waals surface area contributed by atoms with Gasteiger partial charge in [0, 0.05) is 13.1 Å². The Hall–Kier alpha value is -1.87. The summed E-state index contributed by atoms with van der Waals surface area (Å²) in [6.45, 7) is 1.45. The molecule has 9 heteroatoms. The Kier molecular flexibility index (Phi) is 4.97. The normalized spacial score (nSPS) is 11.2. The van der Waals surface area contributed by atoms with E-state index in [0.29, 0.717) is 28.7 Å². The number of fused-ring (bicyclic) bond motifs is 1. The van der Waals surface area contributed by atoms with Gasteiger partial charge in [-0.2, -0.15) is 4.98 Å². The maximum atomic E-state index is 10.8. The van der Waals surface area contributed by atoms with E-state index in [4.69, 9.17) is 9.84 Å². The number of ether oxygens (including phenoxy) is 1. The van der Waals surface area contributed by atoms with E-state index in [1.54, 1.807) is 0 Å². The molecule has 8 nitrogen and oxygen atoms in total. The molecule has 0 atom stereocenters. The highest BCUT2D eigenvalue weighted by Crippen LogP contribution is 2.27. The Bertz CT molecular complexity index is 643. The lowest BCUT2D eigenvalue weighted by Crippen LogP contribution is -2.19. The van der Waals surface area contributed by atoms with Crippen molar-refractivity contribution in [2.45, 2.75) is 11.7 Å². The van der Waals surface area contributed by atoms with Crippen LogP contribution < -0.4 is 4.74 Å². The third-order valence-corrected chi connectivity index (χ3v) is 3.71. The molecule has 2 aromatic heterocycles. The van der Waals surface area contributed by atoms with Gasteiger partial charge in [-0.15, -0.1) is 0 Å². The summed E-state index contributed by atoms with van der Waals surface area (Å²) in [7, 11) is 5.46. The number of carbonyl (C=O) groups is 1. The first-order chi connectivity index (χ1) is 10.0. The number of rotatable bonds is 7. The summed E-state index contributed by atoms with van der Waals surface area (Å²) in [5.74, 6) is -0.550. The fourth-order valence-corrected chi connectivity index (χ4v) is 2.53. The molecule has 0 bridgehead atoms. The van der Waals surface area contributed by atoms with E-state index in [0.717, 1.165) is 18.3 Å². The molecule has 2 heterocycles. The van der Waals surface area contributed by atoms with Gasteiger partial charge < -0.3 is 19.3 Å². The van der Waals surface area contributed by atoms with Crippen molar-refractivity contribution in [2.24, 2.45) is 0 Å². The van der Waals surface area contributed by atoms with Gasteiger partial charge in [0.2, 0.25) is 5.88 Å². The molecule has 0 aliphatic heterocycles. The molecule has 0 amide bonds. The summed E-state index contributed by atoms with van der Waals surface area (Å²) in [6, 6.07) is 0. The van der Waals surface area contributed by atoms with Crippen LogP contribution in [0.2, 0.25) is 0 Å². The number of methoxy groups -OCH3 is 1. The highest BCUT2D eigenvalue weighted by atomic mass is 32.2. The lowest BCUT2D eigenvalue weighted by atomic mass is 10.5. The average molecular weight is 311 g/mol. The molecule has 114 valence electrons. The second kappa shape index (κ2) is 6.72. The minimum atomic E-state index is -0.885. The smallest absolute Gasteiger partial charge is 0.313 e. The average Bonchev–Trinajstić information content (AvgIpc) is 2.80. The van der Waals surface area contributed by atoms with Crippen LogP contribution in [0.1, 0.15) is 0 Å². The van der Waals surface area contributed by atoms with Crippen molar-refractivity contribution in [3.05, 3.63) is 6.33 Å². The Morgan fingerprint density at radius 3 is 2.86 bits per heavy atom. The molecule has 0 radical (unpaired) electrons. The van der Waals surface area contributed by atoms with Gasteiger partial charge in [-0.1, -0.05) is 11.8 Å². The summed E-state index contributed by atoms with van der Waals surface area (Å²) in [5.41, 5.74) is 1.20. The van der Waals surface area contributed by atoms with Gasteiger partial charge in [-0.05, 0) is 14.1 Å². The summed E-state index contributed by atoms with van der Waals surface area (Å²) in [5, 5.41) is 9.45. The van der Waals surface area contributed by atoms with Crippen LogP contribution in [0.15, 0.2) is 11.5 Å². The Morgan fingerprint density at radius 1 is 1.48 bits per heavy atom. The molecule has 0 saturated carbocycles. The van der Waals surface area contributed by atoms with Gasteiger partial charge in [0.1, 0.15) is 6.33 Å². The van der Waals surface area contributed by atoms with Crippen LogP contribution in [0.3, 0.4) is 0 Å². The van der Waals surface area contributed by atoms with E-state index in [9.17, 15) is 4.79 Å². The fourth-order valence-electron chi connectivity index (χ4n) is 1.78. The van der Waals surface area contributed by atoms with Crippen molar-refractivity contribution in [2.75, 3.05) is 33.5 Å². The Morgan fingerprint density at radius 2 is 2.24 bits per heavy atom. The molecule has 0 aliphatic rings. The number of carboxylic acids is 1. The maximum absolute atomic E-state index is 10.8. The van der Waals surface area contributed by atoms with Crippen LogP contribution in [0.4, 0.5) is 0 Å². The first-order valence-corrected chi connectivity index (χ1v) is 7.26. The third kappa shape index (κ3) is 3.61. The number of hydrogen-bond acceptors (Lipinski definition) is 7. The van der Waals surface area contributed by atoms with Crippen molar-refractivity contribution < 1.29 is 14.6 Å². The summed E-state index contributed by atoms with van der Waals surface area (Å²) in [4.78, 5) is 25.5. The standard InChI is InChI=1S/C12H17N5O3S/c1-16(2)4-5-17-10-9(11(20-3)14-7-13-10)15-12(17)21-6-8(18)19/h7H,4-6H2,1-3H3,(H,18,19). The molecular formula is C12H17N5O3S. The predicted molar refractivity (Wildman–Crippen MR) is 78.8 cm³/mol. The van der Waals surface area contributed by atoms with Gasteiger partial charge in [0.15, 0.2) is 16.3 Å². The van der Waals surface area contributed by atoms with Gasteiger partial charge in [-0.25, -0.2) is 9.97 Å². The molecule has 2 rings (SSSR count). The molecule has 21 heavy (non-hydrogen) atoms. The summed E-state index contributed by atoms with van der Waals surface area (Å²) in [6.07, 6.45) is 1.42. The largest absolute Gasteiger partial charge is 0.481 e. The SMILES string of the molecule is COc1ncnc2c1nc(SCC(=O)O)n2CCN(C)C. The second-order valence-electron chi connectivity index (χ2n) is 4.59. The number of hydrogen-bond donors (Lipinski definition) is 1. The first-order valence-electron chi connectivity index (χ1n) is 6.27. The number of aliphatic carboxylic acids is 1. The number of carboxylic acid groups (broad SMARTS) is 1. The maximum Gasteiger partial charge on any atom is 0.313 e. The summed E-state index contributed by atoms with van der Waals surface area (Å²) < 4.78 is 7.08. The van der Waals surface area contributed by atoms with E-state index in [1.807, 2.05) is 23.6 Å². The van der Waals surface area contributed by atoms with Crippen molar-refractivity contribution in [3.8, 4) is 5.88 Å². The van der Waals surface area contributed by atoms with Crippen molar-refractivity contribution in [1.82, 2.24) is 24.4 Å². The minimum Gasteiger partial charge on any atom is -0.481 e. The second-order valence-corrected chi connectivity index (χ2v) is 5.53. The quantitative estimate of drug-likeness (QED) is 0.742.